The lowest BCUT2D eigenvalue weighted by atomic mass is 10.3. The molecule has 0 unspecified atom stereocenters. The van der Waals surface area contributed by atoms with E-state index in [4.69, 9.17) is 0 Å². The van der Waals surface area contributed by atoms with Crippen molar-refractivity contribution in [3.63, 3.8) is 0 Å². The molecule has 2 aromatic carbocycles. The Kier molecular flexibility index (Phi) is 4.22. The van der Waals surface area contributed by atoms with E-state index < -0.39 is 15.6 Å². The average Bonchev–Trinajstić information content (AvgIpc) is 2.54. The minimum absolute atomic E-state index is 0.183. The van der Waals surface area contributed by atoms with Crippen LogP contribution in [0.2, 0.25) is 0 Å². The lowest BCUT2D eigenvalue weighted by Gasteiger charge is -2.28. The monoisotopic (exact) mass is 333 g/mol. The molecule has 0 aliphatic carbocycles. The number of fused-ring (bicyclic) bond motifs is 1. The van der Waals surface area contributed by atoms with Crippen LogP contribution in [0.5, 0.6) is 0 Å². The van der Waals surface area contributed by atoms with E-state index in [9.17, 15) is 13.2 Å². The number of amides is 1. The Hall–Kier alpha value is -1.79. The van der Waals surface area contributed by atoms with Crippen molar-refractivity contribution in [2.24, 2.45) is 0 Å². The van der Waals surface area contributed by atoms with Gasteiger partial charge < -0.3 is 4.90 Å². The molecule has 1 heterocycles. The third-order valence-corrected chi connectivity index (χ3v) is 6.11. The number of para-hydroxylation sites is 1. The quantitative estimate of drug-likeness (QED) is 0.866. The zero-order valence-corrected chi connectivity index (χ0v) is 13.4. The van der Waals surface area contributed by atoms with Crippen molar-refractivity contribution in [3.8, 4) is 0 Å². The number of benzene rings is 2. The summed E-state index contributed by atoms with van der Waals surface area (Å²) in [5.41, 5.74) is 0.798. The van der Waals surface area contributed by atoms with Crippen LogP contribution in [-0.2, 0) is 14.6 Å². The average molecular weight is 333 g/mol. The van der Waals surface area contributed by atoms with E-state index in [2.05, 4.69) is 0 Å². The van der Waals surface area contributed by atoms with Crippen molar-refractivity contribution in [3.05, 3.63) is 54.6 Å². The smallest absolute Gasteiger partial charge is 0.242 e. The Balaban J connectivity index is 1.84. The Morgan fingerprint density at radius 1 is 1.05 bits per heavy atom. The van der Waals surface area contributed by atoms with Gasteiger partial charge in [0.25, 0.3) is 0 Å². The molecule has 0 N–H and O–H groups in total. The molecule has 0 saturated heterocycles. The molecule has 0 spiro atoms. The van der Waals surface area contributed by atoms with Gasteiger partial charge in [0, 0.05) is 17.2 Å². The molecule has 0 radical (unpaired) electrons. The molecule has 0 bridgehead atoms. The molecule has 3 rings (SSSR count). The summed E-state index contributed by atoms with van der Waals surface area (Å²) in [7, 11) is -3.61. The van der Waals surface area contributed by atoms with Crippen molar-refractivity contribution in [1.29, 1.82) is 0 Å². The van der Waals surface area contributed by atoms with Crippen LogP contribution in [-0.4, -0.2) is 32.4 Å². The second-order valence-electron chi connectivity index (χ2n) is 4.93. The van der Waals surface area contributed by atoms with E-state index in [1.807, 2.05) is 24.3 Å². The minimum atomic E-state index is -3.61. The van der Waals surface area contributed by atoms with Crippen LogP contribution in [0.3, 0.4) is 0 Å². The minimum Gasteiger partial charge on any atom is -0.310 e. The van der Waals surface area contributed by atoms with Gasteiger partial charge >= 0.3 is 0 Å². The fraction of sp³-hybridized carbons (Fsp3) is 0.188. The van der Waals surface area contributed by atoms with Crippen molar-refractivity contribution in [1.82, 2.24) is 0 Å². The van der Waals surface area contributed by atoms with E-state index >= 15 is 0 Å². The van der Waals surface area contributed by atoms with Gasteiger partial charge in [0.1, 0.15) is 5.75 Å². The predicted molar refractivity (Wildman–Crippen MR) is 88.0 cm³/mol. The maximum Gasteiger partial charge on any atom is 0.242 e. The van der Waals surface area contributed by atoms with Gasteiger partial charge in [-0.1, -0.05) is 30.3 Å². The van der Waals surface area contributed by atoms with Gasteiger partial charge in [-0.25, -0.2) is 8.42 Å². The van der Waals surface area contributed by atoms with Gasteiger partial charge in [-0.05, 0) is 24.3 Å². The molecule has 0 saturated carbocycles. The Bertz CT molecular complexity index is 788. The zero-order valence-electron chi connectivity index (χ0n) is 11.8. The first-order valence-electron chi connectivity index (χ1n) is 6.88. The lowest BCUT2D eigenvalue weighted by molar-refractivity contribution is -0.116. The van der Waals surface area contributed by atoms with Gasteiger partial charge in [-0.15, -0.1) is 11.8 Å². The van der Waals surface area contributed by atoms with E-state index in [0.717, 1.165) is 16.3 Å². The number of nitrogens with zero attached hydrogens (tertiary/aromatic N) is 1. The molecule has 1 amide bonds. The highest BCUT2D eigenvalue weighted by atomic mass is 32.2. The fourth-order valence-corrected chi connectivity index (χ4v) is 4.59. The topological polar surface area (TPSA) is 54.5 Å². The van der Waals surface area contributed by atoms with Gasteiger partial charge in [0.15, 0.2) is 9.84 Å². The van der Waals surface area contributed by atoms with Crippen LogP contribution >= 0.6 is 11.8 Å². The Labute approximate surface area is 134 Å². The predicted octanol–water partition coefficient (Wildman–Crippen LogP) is 2.60. The molecule has 0 aromatic heterocycles. The van der Waals surface area contributed by atoms with Crippen LogP contribution in [0.15, 0.2) is 64.4 Å². The molecule has 2 aromatic rings. The summed E-state index contributed by atoms with van der Waals surface area (Å²) in [5, 5.41) is 0. The Morgan fingerprint density at radius 3 is 2.50 bits per heavy atom. The van der Waals surface area contributed by atoms with Crippen LogP contribution < -0.4 is 4.90 Å². The highest BCUT2D eigenvalue weighted by Gasteiger charge is 2.27. The molecule has 1 aliphatic rings. The van der Waals surface area contributed by atoms with E-state index in [1.165, 1.54) is 12.1 Å². The first-order chi connectivity index (χ1) is 10.6. The molecule has 22 heavy (non-hydrogen) atoms. The molecule has 0 atom stereocenters. The normalized spacial score (nSPS) is 14.5. The largest absolute Gasteiger partial charge is 0.310 e. The van der Waals surface area contributed by atoms with Gasteiger partial charge in [-0.2, -0.15) is 0 Å². The standard InChI is InChI=1S/C16H15NO3S2/c18-16(12-22(19,20)13-6-2-1-3-7-13)17-10-11-21-15-9-5-4-8-14(15)17/h1-9H,10-12H2. The van der Waals surface area contributed by atoms with Gasteiger partial charge in [0.05, 0.1) is 10.6 Å². The number of hydrogen-bond donors (Lipinski definition) is 0. The summed E-state index contributed by atoms with van der Waals surface area (Å²) in [6.07, 6.45) is 0. The summed E-state index contributed by atoms with van der Waals surface area (Å²) in [5.74, 6) is -0.110. The molecule has 4 nitrogen and oxygen atoms in total. The lowest BCUT2D eigenvalue weighted by Crippen LogP contribution is -2.39. The first kappa shape index (κ1) is 15.1. The van der Waals surface area contributed by atoms with Crippen LogP contribution in [0.1, 0.15) is 0 Å². The van der Waals surface area contributed by atoms with E-state index in [0.29, 0.717) is 6.54 Å². The fourth-order valence-electron chi connectivity index (χ4n) is 2.38. The number of carbonyl (C=O) groups excluding carboxylic acids is 1. The second-order valence-corrected chi connectivity index (χ2v) is 8.06. The van der Waals surface area contributed by atoms with Gasteiger partial charge in [-0.3, -0.25) is 4.79 Å². The summed E-state index contributed by atoms with van der Waals surface area (Å²) < 4.78 is 24.7. The van der Waals surface area contributed by atoms with Crippen molar-refractivity contribution < 1.29 is 13.2 Å². The molecule has 1 aliphatic heterocycles. The zero-order chi connectivity index (χ0) is 15.6. The van der Waals surface area contributed by atoms with Crippen LogP contribution in [0, 0.1) is 0 Å². The van der Waals surface area contributed by atoms with Crippen LogP contribution in [0.4, 0.5) is 5.69 Å². The third-order valence-electron chi connectivity index (χ3n) is 3.45. The third kappa shape index (κ3) is 3.03. The Morgan fingerprint density at radius 2 is 1.73 bits per heavy atom. The molecular weight excluding hydrogens is 318 g/mol. The summed E-state index contributed by atoms with van der Waals surface area (Å²) in [4.78, 5) is 15.3. The molecule has 6 heteroatoms. The molecular formula is C16H15NO3S2. The summed E-state index contributed by atoms with van der Waals surface area (Å²) in [6.45, 7) is 0.533. The number of sulfone groups is 1. The number of hydrogen-bond acceptors (Lipinski definition) is 4. The summed E-state index contributed by atoms with van der Waals surface area (Å²) in [6, 6.07) is 15.7. The van der Waals surface area contributed by atoms with Crippen molar-refractivity contribution in [2.45, 2.75) is 9.79 Å². The number of thioether (sulfide) groups is 1. The molecule has 114 valence electrons. The maximum absolute atomic E-state index is 12.5. The SMILES string of the molecule is O=C(CS(=O)(=O)c1ccccc1)N1CCSc2ccccc21. The number of rotatable bonds is 3. The second kappa shape index (κ2) is 6.14. The van der Waals surface area contributed by atoms with E-state index in [-0.39, 0.29) is 10.8 Å². The van der Waals surface area contributed by atoms with Crippen molar-refractivity contribution in [2.75, 3.05) is 23.0 Å². The number of carbonyl (C=O) groups is 1. The van der Waals surface area contributed by atoms with Crippen molar-refractivity contribution >= 4 is 33.2 Å². The maximum atomic E-state index is 12.5. The van der Waals surface area contributed by atoms with Gasteiger partial charge in [0.2, 0.25) is 5.91 Å². The van der Waals surface area contributed by atoms with Crippen LogP contribution in [0.25, 0.3) is 0 Å². The first-order valence-corrected chi connectivity index (χ1v) is 9.52. The molecule has 0 fully saturated rings. The summed E-state index contributed by atoms with van der Waals surface area (Å²) >= 11 is 1.68. The highest BCUT2D eigenvalue weighted by Crippen LogP contribution is 2.34. The van der Waals surface area contributed by atoms with E-state index in [1.54, 1.807) is 34.9 Å². The highest BCUT2D eigenvalue weighted by molar-refractivity contribution is 7.99. The number of anilines is 1.